The highest BCUT2D eigenvalue weighted by molar-refractivity contribution is 5.83. The molecule has 8 nitrogen and oxygen atoms in total. The number of piperidine rings is 1. The second-order valence-electron chi connectivity index (χ2n) is 6.98. The highest BCUT2D eigenvalue weighted by Crippen LogP contribution is 2.33. The fourth-order valence-electron chi connectivity index (χ4n) is 3.47. The molecule has 1 aromatic rings. The number of benzene rings is 1. The molecule has 2 fully saturated rings. The number of likely N-dealkylation sites (tertiary alicyclic amines) is 1. The lowest BCUT2D eigenvalue weighted by molar-refractivity contribution is -0.136. The molecule has 2 aliphatic rings. The Hall–Kier alpha value is -2.77. The summed E-state index contributed by atoms with van der Waals surface area (Å²) in [6, 6.07) is 9.45. The maximum atomic E-state index is 12.2. The summed E-state index contributed by atoms with van der Waals surface area (Å²) in [7, 11) is 0. The number of para-hydroxylation sites is 1. The van der Waals surface area contributed by atoms with E-state index in [4.69, 9.17) is 15.2 Å². The molecule has 0 aliphatic carbocycles. The molecule has 0 radical (unpaired) electrons. The fraction of sp³-hybridized carbons (Fsp3) is 0.526. The van der Waals surface area contributed by atoms with E-state index >= 15 is 0 Å². The highest BCUT2D eigenvalue weighted by Gasteiger charge is 2.47. The van der Waals surface area contributed by atoms with Gasteiger partial charge in [-0.05, 0) is 12.1 Å². The monoisotopic (exact) mass is 375 g/mol. The molecule has 0 atom stereocenters. The Morgan fingerprint density at radius 2 is 1.85 bits per heavy atom. The lowest BCUT2D eigenvalue weighted by atomic mass is 9.91. The normalized spacial score (nSPS) is 18.4. The number of ether oxygens (including phenoxy) is 2. The second kappa shape index (κ2) is 8.28. The van der Waals surface area contributed by atoms with E-state index in [1.165, 1.54) is 0 Å². The van der Waals surface area contributed by atoms with Crippen LogP contribution in [0.15, 0.2) is 30.3 Å². The van der Waals surface area contributed by atoms with Crippen molar-refractivity contribution in [1.82, 2.24) is 9.80 Å². The summed E-state index contributed by atoms with van der Waals surface area (Å²) < 4.78 is 11.3. The van der Waals surface area contributed by atoms with E-state index in [0.717, 1.165) is 5.75 Å². The number of hydrogen-bond donors (Lipinski definition) is 1. The number of hydrogen-bond acceptors (Lipinski definition) is 5. The first-order chi connectivity index (χ1) is 13.0. The van der Waals surface area contributed by atoms with Crippen molar-refractivity contribution < 1.29 is 23.9 Å². The van der Waals surface area contributed by atoms with Crippen molar-refractivity contribution in [2.75, 3.05) is 32.8 Å². The van der Waals surface area contributed by atoms with Crippen LogP contribution in [0.3, 0.4) is 0 Å². The van der Waals surface area contributed by atoms with Crippen molar-refractivity contribution in [3.05, 3.63) is 30.3 Å². The molecular formula is C19H25N3O5. The molecule has 3 rings (SSSR count). The standard InChI is InChI=1S/C19H25N3O5/c20-16(23)6-7-17(24)21-10-8-19(9-11-21)14-22(18(25)27-19)12-13-26-15-4-2-1-3-5-15/h1-5H,6-14H2,(H2,20,23). The predicted molar refractivity (Wildman–Crippen MR) is 97.0 cm³/mol. The van der Waals surface area contributed by atoms with E-state index in [9.17, 15) is 14.4 Å². The van der Waals surface area contributed by atoms with Crippen LogP contribution in [-0.4, -0.2) is 66.1 Å². The minimum atomic E-state index is -0.537. The van der Waals surface area contributed by atoms with Crippen LogP contribution in [-0.2, 0) is 14.3 Å². The number of carbonyl (C=O) groups is 3. The Balaban J connectivity index is 1.44. The zero-order chi connectivity index (χ0) is 19.3. The summed E-state index contributed by atoms with van der Waals surface area (Å²) in [6.45, 7) is 2.38. The fourth-order valence-corrected chi connectivity index (χ4v) is 3.47. The van der Waals surface area contributed by atoms with E-state index in [1.54, 1.807) is 9.80 Å². The quantitative estimate of drug-likeness (QED) is 0.770. The van der Waals surface area contributed by atoms with Gasteiger partial charge in [0.1, 0.15) is 18.0 Å². The maximum absolute atomic E-state index is 12.2. The molecule has 1 spiro atoms. The first kappa shape index (κ1) is 19.0. The molecule has 0 bridgehead atoms. The summed E-state index contributed by atoms with van der Waals surface area (Å²) in [6.07, 6.45) is 1.05. The van der Waals surface area contributed by atoms with Crippen molar-refractivity contribution in [1.29, 1.82) is 0 Å². The number of primary amides is 1. The summed E-state index contributed by atoms with van der Waals surface area (Å²) in [4.78, 5) is 38.5. The molecule has 0 saturated carbocycles. The van der Waals surface area contributed by atoms with E-state index in [0.29, 0.717) is 45.6 Å². The van der Waals surface area contributed by atoms with Crippen LogP contribution in [0.4, 0.5) is 4.79 Å². The van der Waals surface area contributed by atoms with Crippen LogP contribution in [0.1, 0.15) is 25.7 Å². The van der Waals surface area contributed by atoms with Crippen LogP contribution in [0, 0.1) is 0 Å². The van der Waals surface area contributed by atoms with Crippen molar-refractivity contribution in [3.8, 4) is 5.75 Å². The summed E-state index contributed by atoms with van der Waals surface area (Å²) in [5, 5.41) is 0. The number of nitrogens with zero attached hydrogens (tertiary/aromatic N) is 2. The second-order valence-corrected chi connectivity index (χ2v) is 6.98. The van der Waals surface area contributed by atoms with Gasteiger partial charge in [-0.2, -0.15) is 0 Å². The Kier molecular flexibility index (Phi) is 5.83. The molecule has 0 unspecified atom stereocenters. The first-order valence-electron chi connectivity index (χ1n) is 9.19. The summed E-state index contributed by atoms with van der Waals surface area (Å²) in [5.41, 5.74) is 4.55. The van der Waals surface area contributed by atoms with E-state index < -0.39 is 11.5 Å². The lowest BCUT2D eigenvalue weighted by Gasteiger charge is -2.37. The minimum absolute atomic E-state index is 0.0602. The van der Waals surface area contributed by atoms with Gasteiger partial charge in [0.15, 0.2) is 0 Å². The zero-order valence-electron chi connectivity index (χ0n) is 15.3. The van der Waals surface area contributed by atoms with Gasteiger partial charge in [-0.25, -0.2) is 4.79 Å². The molecule has 0 aromatic heterocycles. The van der Waals surface area contributed by atoms with Gasteiger partial charge in [0.05, 0.1) is 13.1 Å². The molecule has 2 aliphatic heterocycles. The molecule has 1 aromatic carbocycles. The van der Waals surface area contributed by atoms with Crippen LogP contribution >= 0.6 is 0 Å². The number of carbonyl (C=O) groups excluding carboxylic acids is 3. The van der Waals surface area contributed by atoms with Gasteiger partial charge >= 0.3 is 6.09 Å². The summed E-state index contributed by atoms with van der Waals surface area (Å²) >= 11 is 0. The predicted octanol–water partition coefficient (Wildman–Crippen LogP) is 1.14. The van der Waals surface area contributed by atoms with E-state index in [1.807, 2.05) is 30.3 Å². The van der Waals surface area contributed by atoms with Gasteiger partial charge in [0.25, 0.3) is 0 Å². The molecule has 2 N–H and O–H groups in total. The van der Waals surface area contributed by atoms with Gasteiger partial charge < -0.3 is 25.0 Å². The lowest BCUT2D eigenvalue weighted by Crippen LogP contribution is -2.49. The number of nitrogens with two attached hydrogens (primary N) is 1. The Morgan fingerprint density at radius 1 is 1.15 bits per heavy atom. The van der Waals surface area contributed by atoms with Crippen LogP contribution in [0.25, 0.3) is 0 Å². The van der Waals surface area contributed by atoms with Crippen LogP contribution in [0.5, 0.6) is 5.75 Å². The third kappa shape index (κ3) is 4.90. The maximum Gasteiger partial charge on any atom is 0.410 e. The molecule has 146 valence electrons. The third-order valence-corrected chi connectivity index (χ3v) is 5.03. The van der Waals surface area contributed by atoms with Gasteiger partial charge in [0, 0.05) is 38.8 Å². The Morgan fingerprint density at radius 3 is 2.52 bits per heavy atom. The minimum Gasteiger partial charge on any atom is -0.492 e. The SMILES string of the molecule is NC(=O)CCC(=O)N1CCC2(CC1)CN(CCOc1ccccc1)C(=O)O2. The van der Waals surface area contributed by atoms with Gasteiger partial charge in [0.2, 0.25) is 11.8 Å². The highest BCUT2D eigenvalue weighted by atomic mass is 16.6. The van der Waals surface area contributed by atoms with Crippen LogP contribution < -0.4 is 10.5 Å². The topological polar surface area (TPSA) is 102 Å². The largest absolute Gasteiger partial charge is 0.492 e. The smallest absolute Gasteiger partial charge is 0.410 e. The van der Waals surface area contributed by atoms with Crippen molar-refractivity contribution in [3.63, 3.8) is 0 Å². The van der Waals surface area contributed by atoms with E-state index in [2.05, 4.69) is 0 Å². The molecule has 8 heteroatoms. The first-order valence-corrected chi connectivity index (χ1v) is 9.19. The number of rotatable bonds is 7. The number of amides is 3. The van der Waals surface area contributed by atoms with Gasteiger partial charge in [-0.3, -0.25) is 9.59 Å². The average Bonchev–Trinajstić information content (AvgIpc) is 2.96. The van der Waals surface area contributed by atoms with Gasteiger partial charge in [-0.1, -0.05) is 18.2 Å². The molecule has 2 saturated heterocycles. The molecule has 27 heavy (non-hydrogen) atoms. The molecule has 3 amide bonds. The molecular weight excluding hydrogens is 350 g/mol. The van der Waals surface area contributed by atoms with Crippen molar-refractivity contribution >= 4 is 17.9 Å². The van der Waals surface area contributed by atoms with Crippen molar-refractivity contribution in [2.45, 2.75) is 31.3 Å². The third-order valence-electron chi connectivity index (χ3n) is 5.03. The zero-order valence-corrected chi connectivity index (χ0v) is 15.3. The average molecular weight is 375 g/mol. The Bertz CT molecular complexity index is 686. The Labute approximate surface area is 158 Å². The molecule has 2 heterocycles. The van der Waals surface area contributed by atoms with E-state index in [-0.39, 0.29) is 24.8 Å². The summed E-state index contributed by atoms with van der Waals surface area (Å²) in [5.74, 6) is 0.207. The van der Waals surface area contributed by atoms with Crippen molar-refractivity contribution in [2.24, 2.45) is 5.73 Å². The van der Waals surface area contributed by atoms with Crippen LogP contribution in [0.2, 0.25) is 0 Å². The van der Waals surface area contributed by atoms with Gasteiger partial charge in [-0.15, -0.1) is 0 Å².